The van der Waals surface area contributed by atoms with Crippen LogP contribution in [0.1, 0.15) is 57.7 Å². The topological polar surface area (TPSA) is 84.7 Å². The molecule has 2 N–H and O–H groups in total. The molecule has 5 rings (SSSR count). The van der Waals surface area contributed by atoms with Crippen molar-refractivity contribution in [2.75, 3.05) is 10.6 Å². The van der Waals surface area contributed by atoms with Gasteiger partial charge in [0.1, 0.15) is 11.5 Å². The highest BCUT2D eigenvalue weighted by molar-refractivity contribution is 6.05. The van der Waals surface area contributed by atoms with Crippen LogP contribution in [-0.4, -0.2) is 31.7 Å². The summed E-state index contributed by atoms with van der Waals surface area (Å²) in [6, 6.07) is 13.0. The molecule has 0 spiro atoms. The molecule has 0 unspecified atom stereocenters. The van der Waals surface area contributed by atoms with Crippen LogP contribution >= 0.6 is 0 Å². The number of nitrogens with one attached hydrogen (secondary N) is 2. The van der Waals surface area contributed by atoms with E-state index in [1.807, 2.05) is 0 Å². The van der Waals surface area contributed by atoms with Crippen molar-refractivity contribution in [3.8, 4) is 17.5 Å². The Labute approximate surface area is 223 Å². The number of hydrogen-bond donors (Lipinski definition) is 2. The van der Waals surface area contributed by atoms with Gasteiger partial charge in [-0.25, -0.2) is 4.98 Å². The van der Waals surface area contributed by atoms with E-state index in [-0.39, 0.29) is 22.5 Å². The lowest BCUT2D eigenvalue weighted by Crippen LogP contribution is -2.27. The fraction of sp³-hybridized carbons (Fsp3) is 0.241. The summed E-state index contributed by atoms with van der Waals surface area (Å²) in [6.45, 7) is 3.11. The standard InChI is InChI=1S/C29H25F3N6O/c1-18-16-38(17-33-18)27-19(2)24(29(30,31)32)15-25(35-28(39)20-7-4-3-5-8-20)23(27)13-11-22-12-14-26(37-36-22)34-21-9-6-10-21/h3-5,7-8,12,14-17,21H,6,9-10H2,1-2H3,(H,34,37)(H,35,39). The molecule has 10 heteroatoms. The van der Waals surface area contributed by atoms with Crippen molar-refractivity contribution in [1.29, 1.82) is 0 Å². The third-order valence-electron chi connectivity index (χ3n) is 6.55. The maximum atomic E-state index is 14.1. The van der Waals surface area contributed by atoms with E-state index in [1.54, 1.807) is 55.6 Å². The van der Waals surface area contributed by atoms with E-state index in [4.69, 9.17) is 0 Å². The highest BCUT2D eigenvalue weighted by atomic mass is 19.4. The van der Waals surface area contributed by atoms with Crippen molar-refractivity contribution in [3.63, 3.8) is 0 Å². The van der Waals surface area contributed by atoms with Gasteiger partial charge < -0.3 is 15.2 Å². The predicted molar refractivity (Wildman–Crippen MR) is 142 cm³/mol. The minimum atomic E-state index is -4.67. The summed E-state index contributed by atoms with van der Waals surface area (Å²) < 4.78 is 43.9. The Balaban J connectivity index is 1.62. The third-order valence-corrected chi connectivity index (χ3v) is 6.55. The molecule has 1 amide bonds. The largest absolute Gasteiger partial charge is 0.416 e. The van der Waals surface area contributed by atoms with Crippen LogP contribution in [0.5, 0.6) is 0 Å². The normalized spacial score (nSPS) is 13.3. The van der Waals surface area contributed by atoms with Crippen molar-refractivity contribution in [2.45, 2.75) is 45.3 Å². The SMILES string of the molecule is Cc1cn(-c2c(C)c(C(F)(F)F)cc(NC(=O)c3ccccc3)c2C#Cc2ccc(NC3CCC3)nn2)cn1. The van der Waals surface area contributed by atoms with Gasteiger partial charge in [-0.3, -0.25) is 4.79 Å². The van der Waals surface area contributed by atoms with Crippen molar-refractivity contribution in [3.05, 3.63) is 94.7 Å². The van der Waals surface area contributed by atoms with Crippen LogP contribution in [0.4, 0.5) is 24.7 Å². The number of amides is 1. The summed E-state index contributed by atoms with van der Waals surface area (Å²) in [5, 5.41) is 14.3. The summed E-state index contributed by atoms with van der Waals surface area (Å²) in [7, 11) is 0. The van der Waals surface area contributed by atoms with Gasteiger partial charge in [0.2, 0.25) is 0 Å². The summed E-state index contributed by atoms with van der Waals surface area (Å²) in [4.78, 5) is 17.2. The fourth-order valence-electron chi connectivity index (χ4n) is 4.30. The smallest absolute Gasteiger partial charge is 0.366 e. The fourth-order valence-corrected chi connectivity index (χ4v) is 4.30. The van der Waals surface area contributed by atoms with Crippen LogP contribution in [0.3, 0.4) is 0 Å². The molecule has 4 aromatic rings. The van der Waals surface area contributed by atoms with Gasteiger partial charge in [0.05, 0.1) is 34.5 Å². The number of hydrogen-bond acceptors (Lipinski definition) is 5. The van der Waals surface area contributed by atoms with Gasteiger partial charge in [-0.15, -0.1) is 10.2 Å². The zero-order valence-corrected chi connectivity index (χ0v) is 21.3. The number of carbonyl (C=O) groups is 1. The Bertz CT molecular complexity index is 1560. The zero-order valence-electron chi connectivity index (χ0n) is 21.3. The number of anilines is 2. The molecule has 198 valence electrons. The molecule has 0 radical (unpaired) electrons. The predicted octanol–water partition coefficient (Wildman–Crippen LogP) is 5.91. The van der Waals surface area contributed by atoms with E-state index in [0.29, 0.717) is 28.8 Å². The Kier molecular flexibility index (Phi) is 7.07. The Hall–Kier alpha value is -4.65. The molecule has 1 saturated carbocycles. The summed E-state index contributed by atoms with van der Waals surface area (Å²) in [5.41, 5.74) is 0.592. The zero-order chi connectivity index (χ0) is 27.6. The monoisotopic (exact) mass is 530 g/mol. The van der Waals surface area contributed by atoms with E-state index in [9.17, 15) is 18.0 Å². The first-order chi connectivity index (χ1) is 18.7. The first kappa shape index (κ1) is 26.0. The molecule has 39 heavy (non-hydrogen) atoms. The van der Waals surface area contributed by atoms with Gasteiger partial charge in [0.15, 0.2) is 0 Å². The second-order valence-corrected chi connectivity index (χ2v) is 9.39. The van der Waals surface area contributed by atoms with Crippen molar-refractivity contribution >= 4 is 17.4 Å². The van der Waals surface area contributed by atoms with Crippen LogP contribution in [0.2, 0.25) is 0 Å². The second-order valence-electron chi connectivity index (χ2n) is 9.39. The molecule has 2 aromatic carbocycles. The lowest BCUT2D eigenvalue weighted by atomic mass is 9.93. The average molecular weight is 531 g/mol. The minimum absolute atomic E-state index is 0.0481. The number of benzene rings is 2. The number of imidazole rings is 1. The number of aryl methyl sites for hydroxylation is 1. The summed E-state index contributed by atoms with van der Waals surface area (Å²) in [6.07, 6.45) is 1.73. The maximum absolute atomic E-state index is 14.1. The van der Waals surface area contributed by atoms with Gasteiger partial charge in [-0.2, -0.15) is 13.2 Å². The molecule has 2 heterocycles. The summed E-state index contributed by atoms with van der Waals surface area (Å²) >= 11 is 0. The molecule has 0 saturated heterocycles. The third kappa shape index (κ3) is 5.77. The number of aromatic nitrogens is 4. The highest BCUT2D eigenvalue weighted by Crippen LogP contribution is 2.39. The molecule has 7 nitrogen and oxygen atoms in total. The van der Waals surface area contributed by atoms with Crippen molar-refractivity contribution in [1.82, 2.24) is 19.7 Å². The van der Waals surface area contributed by atoms with Crippen LogP contribution in [0.25, 0.3) is 5.69 Å². The summed E-state index contributed by atoms with van der Waals surface area (Å²) in [5.74, 6) is 5.95. The van der Waals surface area contributed by atoms with Crippen LogP contribution in [0.15, 0.2) is 61.1 Å². The molecule has 0 aliphatic heterocycles. The Morgan fingerprint density at radius 1 is 1.05 bits per heavy atom. The molecule has 2 aromatic heterocycles. The lowest BCUT2D eigenvalue weighted by molar-refractivity contribution is -0.138. The molecular formula is C29H25F3N6O. The van der Waals surface area contributed by atoms with Crippen LogP contribution in [0, 0.1) is 25.7 Å². The molecule has 1 aliphatic rings. The van der Waals surface area contributed by atoms with Crippen molar-refractivity contribution < 1.29 is 18.0 Å². The second kappa shape index (κ2) is 10.6. The van der Waals surface area contributed by atoms with Gasteiger partial charge >= 0.3 is 6.18 Å². The number of nitrogens with zero attached hydrogens (tertiary/aromatic N) is 4. The van der Waals surface area contributed by atoms with Gasteiger partial charge in [-0.1, -0.05) is 24.1 Å². The maximum Gasteiger partial charge on any atom is 0.416 e. The molecule has 0 atom stereocenters. The van der Waals surface area contributed by atoms with Crippen LogP contribution < -0.4 is 10.6 Å². The van der Waals surface area contributed by atoms with Crippen LogP contribution in [-0.2, 0) is 6.18 Å². The Morgan fingerprint density at radius 3 is 2.41 bits per heavy atom. The molecule has 0 bridgehead atoms. The molecular weight excluding hydrogens is 505 g/mol. The molecule has 1 aliphatic carbocycles. The number of halogens is 3. The highest BCUT2D eigenvalue weighted by Gasteiger charge is 2.35. The minimum Gasteiger partial charge on any atom is -0.366 e. The number of rotatable bonds is 5. The van der Waals surface area contributed by atoms with E-state index in [0.717, 1.165) is 18.9 Å². The van der Waals surface area contributed by atoms with E-state index >= 15 is 0 Å². The Morgan fingerprint density at radius 2 is 1.82 bits per heavy atom. The lowest BCUT2D eigenvalue weighted by Gasteiger charge is -2.26. The van der Waals surface area contributed by atoms with Crippen molar-refractivity contribution in [2.24, 2.45) is 0 Å². The first-order valence-electron chi connectivity index (χ1n) is 12.4. The van der Waals surface area contributed by atoms with Gasteiger partial charge in [0.25, 0.3) is 5.91 Å². The van der Waals surface area contributed by atoms with E-state index in [1.165, 1.54) is 24.2 Å². The average Bonchev–Trinajstić information content (AvgIpc) is 3.32. The number of alkyl halides is 3. The van der Waals surface area contributed by atoms with Gasteiger partial charge in [-0.05, 0) is 74.9 Å². The first-order valence-corrected chi connectivity index (χ1v) is 12.4. The van der Waals surface area contributed by atoms with Gasteiger partial charge in [0, 0.05) is 17.8 Å². The number of carbonyl (C=O) groups excluding carboxylic acids is 1. The molecule has 1 fully saturated rings. The van der Waals surface area contributed by atoms with E-state index < -0.39 is 17.6 Å². The quantitative estimate of drug-likeness (QED) is 0.313. The van der Waals surface area contributed by atoms with E-state index in [2.05, 4.69) is 37.7 Å².